The van der Waals surface area contributed by atoms with Gasteiger partial charge in [-0.2, -0.15) is 64.8 Å². The van der Waals surface area contributed by atoms with Gasteiger partial charge in [0.15, 0.2) is 0 Å². The van der Waals surface area contributed by atoms with Crippen LogP contribution in [0, 0.1) is 18.2 Å². The molecule has 0 saturated carbocycles. The number of pyridine rings is 3. The van der Waals surface area contributed by atoms with Crippen LogP contribution in [0.2, 0.25) is 0 Å². The van der Waals surface area contributed by atoms with Crippen molar-refractivity contribution in [3.05, 3.63) is 146 Å². The summed E-state index contributed by atoms with van der Waals surface area (Å²) in [5.41, 5.74) is -14.2. The van der Waals surface area contributed by atoms with Crippen LogP contribution in [-0.2, 0) is 50.5 Å². The van der Waals surface area contributed by atoms with Crippen LogP contribution in [0.3, 0.4) is 0 Å². The van der Waals surface area contributed by atoms with Crippen LogP contribution >= 0.6 is 0 Å². The maximum absolute atomic E-state index is 12.2. The molecule has 3 heterocycles. The number of alkyl halides is 9. The molecule has 0 aliphatic heterocycles. The van der Waals surface area contributed by atoms with Crippen LogP contribution in [0.15, 0.2) is 128 Å². The second kappa shape index (κ2) is 20.3. The average Bonchev–Trinajstić information content (AvgIpc) is 3.18. The predicted molar refractivity (Wildman–Crippen MR) is 192 cm³/mol. The van der Waals surface area contributed by atoms with E-state index in [0.717, 1.165) is 36.4 Å². The summed E-state index contributed by atoms with van der Waals surface area (Å²) < 4.78 is 187. The number of benzene rings is 3. The zero-order valence-corrected chi connectivity index (χ0v) is 34.4. The molecule has 0 bridgehead atoms. The fourth-order valence-corrected chi connectivity index (χ4v) is 5.38. The van der Waals surface area contributed by atoms with Gasteiger partial charge in [0.1, 0.15) is 0 Å². The molecule has 0 N–H and O–H groups in total. The molecule has 0 unspecified atom stereocenters. The Morgan fingerprint density at radius 3 is 0.852 bits per heavy atom. The van der Waals surface area contributed by atoms with Gasteiger partial charge < -0.3 is 27.5 Å². The first-order chi connectivity index (χ1) is 27.9. The van der Waals surface area contributed by atoms with E-state index in [4.69, 9.17) is 0 Å². The zero-order chi connectivity index (χ0) is 44.4. The standard InChI is InChI=1S/3C12H7F3NO3S.Ir/c3*13-12(14,15)20(17,18)19-10-5-3-4-9(8-10)11-6-1-2-7-16-11;/h3*1-3,5-8H;/q3*-1;+3. The molecule has 0 fully saturated rings. The molecule has 3 aromatic heterocycles. The minimum atomic E-state index is -5.68. The summed E-state index contributed by atoms with van der Waals surface area (Å²) in [7, 11) is -17.1. The minimum Gasteiger partial charge on any atom is -0.396 e. The van der Waals surface area contributed by atoms with E-state index in [1.165, 1.54) is 36.8 Å². The molecule has 3 aromatic carbocycles. The van der Waals surface area contributed by atoms with E-state index in [9.17, 15) is 64.8 Å². The van der Waals surface area contributed by atoms with Crippen molar-refractivity contribution in [3.63, 3.8) is 0 Å². The van der Waals surface area contributed by atoms with Gasteiger partial charge in [-0.25, -0.2) is 0 Å². The van der Waals surface area contributed by atoms with Gasteiger partial charge in [0.05, 0.1) is 17.2 Å². The van der Waals surface area contributed by atoms with E-state index >= 15 is 0 Å². The van der Waals surface area contributed by atoms with Gasteiger partial charge in [0.25, 0.3) is 0 Å². The maximum atomic E-state index is 12.2. The first-order valence-corrected chi connectivity index (χ1v) is 19.9. The second-order valence-electron chi connectivity index (χ2n) is 10.9. The summed E-state index contributed by atoms with van der Waals surface area (Å²) in [6.45, 7) is 0. The Labute approximate surface area is 354 Å². The van der Waals surface area contributed by atoms with Crippen LogP contribution in [0.4, 0.5) is 39.5 Å². The van der Waals surface area contributed by atoms with Crippen molar-refractivity contribution < 1.29 is 97.4 Å². The average molecular weight is 1100 g/mol. The van der Waals surface area contributed by atoms with Crippen molar-refractivity contribution in [2.75, 3.05) is 0 Å². The largest absolute Gasteiger partial charge is 3.00 e. The Morgan fingerprint density at radius 2 is 0.656 bits per heavy atom. The number of aromatic nitrogens is 3. The molecule has 0 aliphatic carbocycles. The number of halogens is 9. The number of nitrogens with zero attached hydrogens (tertiary/aromatic N) is 3. The zero-order valence-electron chi connectivity index (χ0n) is 29.6. The summed E-state index contributed by atoms with van der Waals surface area (Å²) in [5, 5.41) is 0. The Bertz CT molecular complexity index is 2400. The fourth-order valence-electron chi connectivity index (χ4n) is 4.02. The molecule has 6 rings (SSSR count). The normalized spacial score (nSPS) is 12.0. The molecule has 61 heavy (non-hydrogen) atoms. The first-order valence-electron chi connectivity index (χ1n) is 15.7. The monoisotopic (exact) mass is 1100 g/mol. The molecule has 25 heteroatoms. The fraction of sp³-hybridized carbons (Fsp3) is 0.0833. The summed E-state index contributed by atoms with van der Waals surface area (Å²) in [6.07, 6.45) is 4.47. The molecule has 0 atom stereocenters. The van der Waals surface area contributed by atoms with Crippen molar-refractivity contribution in [1.29, 1.82) is 0 Å². The molecule has 324 valence electrons. The van der Waals surface area contributed by atoms with Crippen molar-refractivity contribution >= 4 is 30.4 Å². The minimum absolute atomic E-state index is 0. The van der Waals surface area contributed by atoms with Crippen molar-refractivity contribution in [2.24, 2.45) is 0 Å². The second-order valence-corrected chi connectivity index (χ2v) is 15.5. The quantitative estimate of drug-likeness (QED) is 0.0589. The Morgan fingerprint density at radius 1 is 0.410 bits per heavy atom. The van der Waals surface area contributed by atoms with Gasteiger partial charge in [-0.05, 0) is 35.3 Å². The third-order valence-electron chi connectivity index (χ3n) is 6.61. The van der Waals surface area contributed by atoms with E-state index < -0.39 is 64.1 Å². The number of hydrogen-bond donors (Lipinski definition) is 0. The molecule has 0 spiro atoms. The molecule has 0 aliphatic rings. The molecule has 0 radical (unpaired) electrons. The van der Waals surface area contributed by atoms with E-state index in [0.29, 0.717) is 33.8 Å². The van der Waals surface area contributed by atoms with E-state index in [-0.39, 0.29) is 20.1 Å². The van der Waals surface area contributed by atoms with Crippen molar-refractivity contribution in [3.8, 4) is 51.0 Å². The molecular weight excluding hydrogens is 1080 g/mol. The maximum Gasteiger partial charge on any atom is 3.00 e. The summed E-state index contributed by atoms with van der Waals surface area (Å²) in [6, 6.07) is 33.3. The molecule has 12 nitrogen and oxygen atoms in total. The van der Waals surface area contributed by atoms with E-state index in [2.05, 4.69) is 45.7 Å². The SMILES string of the molecule is O=S(=O)(Oc1cc[c-]c(-c2ccccn2)c1)C(F)(F)F.O=S(=O)(Oc1cc[c-]c(-c2ccccn2)c1)C(F)(F)F.O=S(=O)(Oc1cc[c-]c(-c2ccccn2)c1)C(F)(F)F.[Ir+3]. The first kappa shape index (κ1) is 49.7. The van der Waals surface area contributed by atoms with Gasteiger partial charge in [-0.1, -0.05) is 72.8 Å². The third-order valence-corrected chi connectivity index (χ3v) is 9.55. The van der Waals surface area contributed by atoms with E-state index in [1.54, 1.807) is 54.6 Å². The van der Waals surface area contributed by atoms with Gasteiger partial charge >= 0.3 is 67.0 Å². The summed E-state index contributed by atoms with van der Waals surface area (Å²) >= 11 is 0. The Hall–Kier alpha value is -5.62. The molecular formula is C36H21F9IrN3O9S3. The smallest absolute Gasteiger partial charge is 0.396 e. The molecule has 0 amide bonds. The van der Waals surface area contributed by atoms with Crippen molar-refractivity contribution in [2.45, 2.75) is 16.5 Å². The third kappa shape index (κ3) is 14.2. The summed E-state index contributed by atoms with van der Waals surface area (Å²) in [5.74, 6) is -1.37. The van der Waals surface area contributed by atoms with Crippen LogP contribution in [0.25, 0.3) is 33.8 Å². The van der Waals surface area contributed by atoms with Crippen molar-refractivity contribution in [1.82, 2.24) is 15.0 Å². The number of rotatable bonds is 9. The van der Waals surface area contributed by atoms with Crippen LogP contribution in [0.1, 0.15) is 0 Å². The van der Waals surface area contributed by atoms with Gasteiger partial charge in [-0.15, -0.1) is 53.1 Å². The van der Waals surface area contributed by atoms with Gasteiger partial charge in [-0.3, -0.25) is 0 Å². The van der Waals surface area contributed by atoms with Crippen LogP contribution in [-0.4, -0.2) is 56.7 Å². The molecule has 0 saturated heterocycles. The van der Waals surface area contributed by atoms with Gasteiger partial charge in [0.2, 0.25) is 0 Å². The summed E-state index contributed by atoms with van der Waals surface area (Å²) in [4.78, 5) is 11.9. The molecule has 6 aromatic rings. The van der Waals surface area contributed by atoms with E-state index in [1.807, 2.05) is 0 Å². The predicted octanol–water partition coefficient (Wildman–Crippen LogP) is 8.33. The van der Waals surface area contributed by atoms with Gasteiger partial charge in [0, 0.05) is 18.6 Å². The Balaban J connectivity index is 0.000000242. The van der Waals surface area contributed by atoms with Crippen LogP contribution in [0.5, 0.6) is 17.2 Å². The van der Waals surface area contributed by atoms with Crippen LogP contribution < -0.4 is 12.5 Å². The topological polar surface area (TPSA) is 169 Å². The Kier molecular flexibility index (Phi) is 16.5. The number of hydrogen-bond acceptors (Lipinski definition) is 12.